The van der Waals surface area contributed by atoms with Gasteiger partial charge in [0.1, 0.15) is 12.3 Å². The van der Waals surface area contributed by atoms with Gasteiger partial charge in [-0.3, -0.25) is 9.10 Å². The molecule has 1 amide bonds. The van der Waals surface area contributed by atoms with Crippen molar-refractivity contribution in [3.63, 3.8) is 0 Å². The van der Waals surface area contributed by atoms with Crippen LogP contribution >= 0.6 is 0 Å². The summed E-state index contributed by atoms with van der Waals surface area (Å²) < 4.78 is 32.5. The van der Waals surface area contributed by atoms with Gasteiger partial charge < -0.3 is 9.64 Å². The second-order valence-corrected chi connectivity index (χ2v) is 7.40. The van der Waals surface area contributed by atoms with Crippen molar-refractivity contribution in [2.45, 2.75) is 11.8 Å². The van der Waals surface area contributed by atoms with Crippen molar-refractivity contribution in [3.8, 4) is 5.75 Å². The number of amides is 1. The average molecular weight is 362 g/mol. The summed E-state index contributed by atoms with van der Waals surface area (Å²) in [5, 5.41) is 0. The van der Waals surface area contributed by atoms with E-state index in [1.165, 1.54) is 17.0 Å². The lowest BCUT2D eigenvalue weighted by Crippen LogP contribution is -2.40. The molecule has 0 spiro atoms. The molecule has 0 unspecified atom stereocenters. The van der Waals surface area contributed by atoms with Crippen molar-refractivity contribution in [3.05, 3.63) is 54.6 Å². The quantitative estimate of drug-likeness (QED) is 0.758. The van der Waals surface area contributed by atoms with Crippen LogP contribution in [0.4, 0.5) is 5.69 Å². The van der Waals surface area contributed by atoms with Crippen LogP contribution in [-0.2, 0) is 14.8 Å². The van der Waals surface area contributed by atoms with E-state index in [-0.39, 0.29) is 17.3 Å². The molecule has 2 rings (SSSR count). The second-order valence-electron chi connectivity index (χ2n) is 5.54. The van der Waals surface area contributed by atoms with Crippen molar-refractivity contribution in [2.24, 2.45) is 0 Å². The molecule has 0 aliphatic carbocycles. The number of anilines is 1. The van der Waals surface area contributed by atoms with Crippen molar-refractivity contribution in [1.29, 1.82) is 0 Å². The Labute approximate surface area is 148 Å². The Hall–Kier alpha value is -2.54. The Morgan fingerprint density at radius 3 is 2.12 bits per heavy atom. The number of nitrogens with zero attached hydrogens (tertiary/aromatic N) is 2. The molecule has 2 aromatic rings. The minimum atomic E-state index is -3.86. The minimum Gasteiger partial charge on any atom is -0.494 e. The average Bonchev–Trinajstić information content (AvgIpc) is 2.61. The lowest BCUT2D eigenvalue weighted by atomic mass is 10.3. The monoisotopic (exact) mass is 362 g/mol. The van der Waals surface area contributed by atoms with Crippen LogP contribution in [-0.4, -0.2) is 46.5 Å². The molecule has 0 fully saturated rings. The summed E-state index contributed by atoms with van der Waals surface area (Å²) in [6.07, 6.45) is 0. The van der Waals surface area contributed by atoms with Gasteiger partial charge in [-0.15, -0.1) is 0 Å². The van der Waals surface area contributed by atoms with Gasteiger partial charge in [-0.2, -0.15) is 0 Å². The summed E-state index contributed by atoms with van der Waals surface area (Å²) in [5.41, 5.74) is 0.405. The highest BCUT2D eigenvalue weighted by Crippen LogP contribution is 2.25. The van der Waals surface area contributed by atoms with Crippen LogP contribution in [0.15, 0.2) is 59.5 Å². The second kappa shape index (κ2) is 8.02. The molecule has 6 nitrogen and oxygen atoms in total. The van der Waals surface area contributed by atoms with Crippen molar-refractivity contribution >= 4 is 21.6 Å². The molecule has 0 aliphatic heterocycles. The van der Waals surface area contributed by atoms with E-state index in [1.54, 1.807) is 56.6 Å². The topological polar surface area (TPSA) is 66.9 Å². The summed E-state index contributed by atoms with van der Waals surface area (Å²) in [4.78, 5) is 13.7. The number of hydrogen-bond donors (Lipinski definition) is 0. The standard InChI is InChI=1S/C18H22N2O4S/c1-4-24-16-12-10-15(11-13-16)20(14-18(21)19(2)3)25(22,23)17-8-6-5-7-9-17/h5-13H,4,14H2,1-3H3. The summed E-state index contributed by atoms with van der Waals surface area (Å²) in [6.45, 7) is 2.11. The van der Waals surface area contributed by atoms with Crippen LogP contribution < -0.4 is 9.04 Å². The number of likely N-dealkylation sites (N-methyl/N-ethyl adjacent to an activating group) is 1. The van der Waals surface area contributed by atoms with Crippen LogP contribution in [0.5, 0.6) is 5.75 Å². The van der Waals surface area contributed by atoms with Gasteiger partial charge in [0.2, 0.25) is 5.91 Å². The van der Waals surface area contributed by atoms with Gasteiger partial charge in [-0.05, 0) is 43.3 Å². The molecule has 25 heavy (non-hydrogen) atoms. The van der Waals surface area contributed by atoms with Gasteiger partial charge in [0, 0.05) is 14.1 Å². The Morgan fingerprint density at radius 1 is 1.00 bits per heavy atom. The largest absolute Gasteiger partial charge is 0.494 e. The predicted octanol–water partition coefficient (Wildman–Crippen LogP) is 2.37. The Bertz CT molecular complexity index is 803. The number of ether oxygens (including phenoxy) is 1. The first-order valence-electron chi connectivity index (χ1n) is 7.87. The molecule has 0 heterocycles. The zero-order valence-corrected chi connectivity index (χ0v) is 15.4. The molecule has 0 saturated carbocycles. The first-order chi connectivity index (χ1) is 11.9. The number of rotatable bonds is 7. The van der Waals surface area contributed by atoms with Crippen LogP contribution in [0.25, 0.3) is 0 Å². The maximum absolute atomic E-state index is 13.0. The van der Waals surface area contributed by atoms with Crippen LogP contribution in [0, 0.1) is 0 Å². The molecule has 2 aromatic carbocycles. The van der Waals surface area contributed by atoms with E-state index in [4.69, 9.17) is 4.74 Å². The summed E-state index contributed by atoms with van der Waals surface area (Å²) in [6, 6.07) is 14.7. The highest BCUT2D eigenvalue weighted by Gasteiger charge is 2.27. The van der Waals surface area contributed by atoms with Gasteiger partial charge >= 0.3 is 0 Å². The highest BCUT2D eigenvalue weighted by molar-refractivity contribution is 7.92. The van der Waals surface area contributed by atoms with Crippen molar-refractivity contribution in [1.82, 2.24) is 4.90 Å². The van der Waals surface area contributed by atoms with E-state index in [0.717, 1.165) is 4.31 Å². The molecule has 0 aliphatic rings. The number of hydrogen-bond acceptors (Lipinski definition) is 4. The van der Waals surface area contributed by atoms with Gasteiger partial charge in [0.25, 0.3) is 10.0 Å². The first-order valence-corrected chi connectivity index (χ1v) is 9.31. The molecule has 134 valence electrons. The zero-order valence-electron chi connectivity index (χ0n) is 14.5. The third-order valence-corrected chi connectivity index (χ3v) is 5.33. The maximum Gasteiger partial charge on any atom is 0.264 e. The normalized spacial score (nSPS) is 11.0. The van der Waals surface area contributed by atoms with E-state index < -0.39 is 10.0 Å². The molecule has 0 bridgehead atoms. The van der Waals surface area contributed by atoms with E-state index in [9.17, 15) is 13.2 Å². The molecule has 0 N–H and O–H groups in total. The van der Waals surface area contributed by atoms with Gasteiger partial charge in [0.05, 0.1) is 17.2 Å². The molecule has 0 radical (unpaired) electrons. The van der Waals surface area contributed by atoms with Gasteiger partial charge in [0.15, 0.2) is 0 Å². The summed E-state index contributed by atoms with van der Waals surface area (Å²) in [5.74, 6) is 0.329. The molecule has 7 heteroatoms. The number of sulfonamides is 1. The number of carbonyl (C=O) groups excluding carboxylic acids is 1. The van der Waals surface area contributed by atoms with Crippen LogP contribution in [0.1, 0.15) is 6.92 Å². The molecular formula is C18H22N2O4S. The van der Waals surface area contributed by atoms with Gasteiger partial charge in [-0.1, -0.05) is 18.2 Å². The lowest BCUT2D eigenvalue weighted by molar-refractivity contribution is -0.127. The van der Waals surface area contributed by atoms with E-state index >= 15 is 0 Å². The lowest BCUT2D eigenvalue weighted by Gasteiger charge is -2.25. The molecule has 0 atom stereocenters. The van der Waals surface area contributed by atoms with Crippen LogP contribution in [0.3, 0.4) is 0 Å². The summed E-state index contributed by atoms with van der Waals surface area (Å²) in [7, 11) is -0.681. The van der Waals surface area contributed by atoms with Crippen molar-refractivity contribution < 1.29 is 17.9 Å². The zero-order chi connectivity index (χ0) is 18.4. The molecular weight excluding hydrogens is 340 g/mol. The number of carbonyl (C=O) groups is 1. The Balaban J connectivity index is 2.44. The summed E-state index contributed by atoms with van der Waals surface area (Å²) >= 11 is 0. The van der Waals surface area contributed by atoms with Gasteiger partial charge in [-0.25, -0.2) is 8.42 Å². The first kappa shape index (κ1) is 18.8. The number of benzene rings is 2. The van der Waals surface area contributed by atoms with Crippen molar-refractivity contribution in [2.75, 3.05) is 31.6 Å². The van der Waals surface area contributed by atoms with E-state index in [1.807, 2.05) is 6.92 Å². The minimum absolute atomic E-state index is 0.135. The third-order valence-electron chi connectivity index (χ3n) is 3.54. The smallest absolute Gasteiger partial charge is 0.264 e. The highest BCUT2D eigenvalue weighted by atomic mass is 32.2. The Morgan fingerprint density at radius 2 is 1.60 bits per heavy atom. The maximum atomic E-state index is 13.0. The molecule has 0 saturated heterocycles. The molecule has 0 aromatic heterocycles. The van der Waals surface area contributed by atoms with Crippen LogP contribution in [0.2, 0.25) is 0 Å². The predicted molar refractivity (Wildman–Crippen MR) is 97.3 cm³/mol. The fourth-order valence-corrected chi connectivity index (χ4v) is 3.61. The fourth-order valence-electron chi connectivity index (χ4n) is 2.17. The fraction of sp³-hybridized carbons (Fsp3) is 0.278. The van der Waals surface area contributed by atoms with E-state index in [0.29, 0.717) is 18.0 Å². The van der Waals surface area contributed by atoms with E-state index in [2.05, 4.69) is 0 Å². The SMILES string of the molecule is CCOc1ccc(N(CC(=O)N(C)C)S(=O)(=O)c2ccccc2)cc1. The third kappa shape index (κ3) is 4.51. The Kier molecular flexibility index (Phi) is 6.03.